The summed E-state index contributed by atoms with van der Waals surface area (Å²) in [5.74, 6) is -0.966. The summed E-state index contributed by atoms with van der Waals surface area (Å²) in [6.07, 6.45) is 1.06. The number of likely N-dealkylation sites (tertiary alicyclic amines) is 1. The van der Waals surface area contributed by atoms with E-state index in [4.69, 9.17) is 16.3 Å². The van der Waals surface area contributed by atoms with Crippen LogP contribution in [-0.4, -0.2) is 57.3 Å². The number of methoxy groups -OCH3 is 1. The van der Waals surface area contributed by atoms with Crippen LogP contribution in [0.2, 0.25) is 5.02 Å². The maximum absolute atomic E-state index is 13.9. The predicted molar refractivity (Wildman–Crippen MR) is 140 cm³/mol. The highest BCUT2D eigenvalue weighted by Crippen LogP contribution is 2.30. The lowest BCUT2D eigenvalue weighted by molar-refractivity contribution is -0.119. The first-order chi connectivity index (χ1) is 17.5. The zero-order valence-corrected chi connectivity index (χ0v) is 21.6. The van der Waals surface area contributed by atoms with Crippen LogP contribution in [0.5, 0.6) is 0 Å². The van der Waals surface area contributed by atoms with Gasteiger partial charge in [-0.25, -0.2) is 17.6 Å². The molecule has 37 heavy (non-hydrogen) atoms. The Morgan fingerprint density at radius 3 is 2.24 bits per heavy atom. The maximum atomic E-state index is 13.9. The van der Waals surface area contributed by atoms with E-state index in [2.05, 4.69) is 10.6 Å². The van der Waals surface area contributed by atoms with Gasteiger partial charge in [-0.3, -0.25) is 4.79 Å². The molecule has 1 heterocycles. The fourth-order valence-electron chi connectivity index (χ4n) is 4.18. The van der Waals surface area contributed by atoms with Crippen LogP contribution in [0.25, 0.3) is 11.1 Å². The second kappa shape index (κ2) is 10.9. The summed E-state index contributed by atoms with van der Waals surface area (Å²) < 4.78 is 43.5. The fraction of sp³-hybridized carbons (Fsp3) is 0.231. The van der Waals surface area contributed by atoms with Crippen molar-refractivity contribution in [3.05, 3.63) is 77.6 Å². The summed E-state index contributed by atoms with van der Waals surface area (Å²) in [6.45, 7) is 0.237. The number of amides is 3. The summed E-state index contributed by atoms with van der Waals surface area (Å²) in [7, 11) is -2.06. The lowest BCUT2D eigenvalue weighted by Crippen LogP contribution is -2.45. The molecule has 0 bridgehead atoms. The molecule has 0 aliphatic carbocycles. The summed E-state index contributed by atoms with van der Waals surface area (Å²) in [5, 5.41) is 6.09. The number of halogens is 2. The molecule has 1 fully saturated rings. The van der Waals surface area contributed by atoms with Crippen molar-refractivity contribution in [3.63, 3.8) is 0 Å². The van der Waals surface area contributed by atoms with Crippen LogP contribution < -0.4 is 10.6 Å². The Morgan fingerprint density at radius 1 is 1.00 bits per heavy atom. The molecule has 1 aliphatic heterocycles. The molecule has 3 amide bonds. The van der Waals surface area contributed by atoms with Gasteiger partial charge >= 0.3 is 6.03 Å². The Bertz CT molecular complexity index is 1420. The number of nitrogens with zero attached hydrogens (tertiary/aromatic N) is 1. The van der Waals surface area contributed by atoms with Gasteiger partial charge in [-0.05, 0) is 60.2 Å². The normalized spacial score (nSPS) is 17.5. The predicted octanol–water partition coefficient (Wildman–Crippen LogP) is 4.81. The van der Waals surface area contributed by atoms with Crippen molar-refractivity contribution >= 4 is 44.8 Å². The molecule has 8 nitrogen and oxygen atoms in total. The highest BCUT2D eigenvalue weighted by molar-refractivity contribution is 7.90. The van der Waals surface area contributed by atoms with Crippen molar-refractivity contribution in [1.29, 1.82) is 0 Å². The molecule has 1 saturated heterocycles. The van der Waals surface area contributed by atoms with Crippen LogP contribution in [0, 0.1) is 5.82 Å². The van der Waals surface area contributed by atoms with Crippen molar-refractivity contribution in [2.45, 2.75) is 23.5 Å². The molecule has 3 aromatic carbocycles. The molecular weight excluding hydrogens is 521 g/mol. The van der Waals surface area contributed by atoms with Gasteiger partial charge in [0.2, 0.25) is 5.91 Å². The smallest absolute Gasteiger partial charge is 0.322 e. The quantitative estimate of drug-likeness (QED) is 0.433. The summed E-state index contributed by atoms with van der Waals surface area (Å²) >= 11 is 5.90. The number of anilines is 2. The monoisotopic (exact) mass is 545 g/mol. The Hall–Kier alpha value is -3.47. The van der Waals surface area contributed by atoms with E-state index in [0.29, 0.717) is 28.4 Å². The number of carbonyl (C=O) groups is 2. The van der Waals surface area contributed by atoms with E-state index in [1.54, 1.807) is 48.5 Å². The molecule has 0 spiro atoms. The number of rotatable bonds is 6. The number of ether oxygens (including phenoxy) is 1. The van der Waals surface area contributed by atoms with E-state index in [1.807, 2.05) is 0 Å². The molecule has 2 atom stereocenters. The van der Waals surface area contributed by atoms with Gasteiger partial charge in [0, 0.05) is 48.3 Å². The molecule has 11 heteroatoms. The average molecular weight is 546 g/mol. The van der Waals surface area contributed by atoms with Gasteiger partial charge < -0.3 is 20.3 Å². The van der Waals surface area contributed by atoms with E-state index in [0.717, 1.165) is 18.4 Å². The lowest BCUT2D eigenvalue weighted by Gasteiger charge is -2.24. The molecule has 3 aromatic rings. The molecule has 1 aliphatic rings. The van der Waals surface area contributed by atoms with Crippen molar-refractivity contribution < 1.29 is 27.1 Å². The van der Waals surface area contributed by atoms with Crippen LogP contribution in [-0.2, 0) is 19.4 Å². The molecule has 2 unspecified atom stereocenters. The number of urea groups is 1. The number of hydrogen-bond donors (Lipinski definition) is 2. The Morgan fingerprint density at radius 2 is 1.62 bits per heavy atom. The molecule has 2 N–H and O–H groups in total. The van der Waals surface area contributed by atoms with E-state index in [1.165, 1.54) is 18.1 Å². The van der Waals surface area contributed by atoms with E-state index in [-0.39, 0.29) is 23.1 Å². The molecular formula is C26H25ClFN3O5S. The first-order valence-electron chi connectivity index (χ1n) is 11.3. The third kappa shape index (κ3) is 6.27. The first-order valence-corrected chi connectivity index (χ1v) is 13.6. The van der Waals surface area contributed by atoms with Gasteiger partial charge in [0.25, 0.3) is 0 Å². The van der Waals surface area contributed by atoms with Gasteiger partial charge in [0.1, 0.15) is 11.9 Å². The highest BCUT2D eigenvalue weighted by Gasteiger charge is 2.40. The minimum atomic E-state index is -3.58. The Kier molecular flexibility index (Phi) is 7.82. The number of nitrogens with one attached hydrogen (secondary N) is 2. The molecule has 0 radical (unpaired) electrons. The lowest BCUT2D eigenvalue weighted by atomic mass is 10.0. The van der Waals surface area contributed by atoms with Crippen LogP contribution >= 0.6 is 11.6 Å². The van der Waals surface area contributed by atoms with E-state index < -0.39 is 33.6 Å². The van der Waals surface area contributed by atoms with Gasteiger partial charge in [-0.1, -0.05) is 23.7 Å². The highest BCUT2D eigenvalue weighted by atomic mass is 35.5. The second-order valence-corrected chi connectivity index (χ2v) is 11.1. The standard InChI is InChI=1S/C26H25ClFN3O5S/c1-36-21-14-23(31(15-21)26(33)30-20-10-5-17(27)6-11-20)25(32)29-19-8-3-16(4-9-19)22-13-18(28)7-12-24(22)37(2,34)35/h3-13,21,23H,14-15H2,1-2H3,(H,29,32)(H,30,33). The van der Waals surface area contributed by atoms with Crippen molar-refractivity contribution in [1.82, 2.24) is 4.90 Å². The Labute approximate surface area is 219 Å². The van der Waals surface area contributed by atoms with Gasteiger partial charge in [0.05, 0.1) is 11.0 Å². The summed E-state index contributed by atoms with van der Waals surface area (Å²) in [4.78, 5) is 27.5. The largest absolute Gasteiger partial charge is 0.380 e. The number of benzene rings is 3. The Balaban J connectivity index is 1.50. The second-order valence-electron chi connectivity index (χ2n) is 8.68. The first kappa shape index (κ1) is 26.6. The van der Waals surface area contributed by atoms with Gasteiger partial charge in [-0.15, -0.1) is 0 Å². The summed E-state index contributed by atoms with van der Waals surface area (Å²) in [5.41, 5.74) is 1.67. The fourth-order valence-corrected chi connectivity index (χ4v) is 5.20. The van der Waals surface area contributed by atoms with Crippen LogP contribution in [0.1, 0.15) is 6.42 Å². The van der Waals surface area contributed by atoms with Crippen molar-refractivity contribution in [2.75, 3.05) is 30.5 Å². The van der Waals surface area contributed by atoms with Crippen molar-refractivity contribution in [2.24, 2.45) is 0 Å². The van der Waals surface area contributed by atoms with Crippen LogP contribution in [0.3, 0.4) is 0 Å². The van der Waals surface area contributed by atoms with Crippen LogP contribution in [0.15, 0.2) is 71.6 Å². The molecule has 0 saturated carbocycles. The summed E-state index contributed by atoms with van der Waals surface area (Å²) in [6, 6.07) is 15.2. The molecule has 0 aromatic heterocycles. The zero-order valence-electron chi connectivity index (χ0n) is 20.1. The number of hydrogen-bond acceptors (Lipinski definition) is 5. The third-order valence-electron chi connectivity index (χ3n) is 6.06. The van der Waals surface area contributed by atoms with E-state index >= 15 is 0 Å². The third-order valence-corrected chi connectivity index (χ3v) is 7.47. The minimum absolute atomic E-state index is 0.00425. The molecule has 194 valence electrons. The zero-order chi connectivity index (χ0) is 26.7. The minimum Gasteiger partial charge on any atom is -0.380 e. The number of sulfone groups is 1. The van der Waals surface area contributed by atoms with Crippen LogP contribution in [0.4, 0.5) is 20.6 Å². The maximum Gasteiger partial charge on any atom is 0.322 e. The SMILES string of the molecule is COC1CC(C(=O)Nc2ccc(-c3cc(F)ccc3S(C)(=O)=O)cc2)N(C(=O)Nc2ccc(Cl)cc2)C1. The van der Waals surface area contributed by atoms with E-state index in [9.17, 15) is 22.4 Å². The van der Waals surface area contributed by atoms with Gasteiger partial charge in [0.15, 0.2) is 9.84 Å². The average Bonchev–Trinajstić information content (AvgIpc) is 3.30. The van der Waals surface area contributed by atoms with Gasteiger partial charge in [-0.2, -0.15) is 0 Å². The number of carbonyl (C=O) groups excluding carboxylic acids is 2. The van der Waals surface area contributed by atoms with Crippen molar-refractivity contribution in [3.8, 4) is 11.1 Å². The topological polar surface area (TPSA) is 105 Å². The molecule has 4 rings (SSSR count).